The summed E-state index contributed by atoms with van der Waals surface area (Å²) in [6.45, 7) is 5.63. The summed E-state index contributed by atoms with van der Waals surface area (Å²) < 4.78 is 0. The van der Waals surface area contributed by atoms with Gasteiger partial charge in [-0.05, 0) is 17.5 Å². The van der Waals surface area contributed by atoms with Gasteiger partial charge in [-0.1, -0.05) is 32.0 Å². The fourth-order valence-electron chi connectivity index (χ4n) is 2.31. The van der Waals surface area contributed by atoms with Gasteiger partial charge in [-0.2, -0.15) is 5.26 Å². The number of nitriles is 1. The van der Waals surface area contributed by atoms with Crippen LogP contribution in [0.3, 0.4) is 0 Å². The van der Waals surface area contributed by atoms with E-state index in [9.17, 15) is 4.79 Å². The second-order valence-electron chi connectivity index (χ2n) is 5.72. The predicted octanol–water partition coefficient (Wildman–Crippen LogP) is 1.93. The summed E-state index contributed by atoms with van der Waals surface area (Å²) in [5.41, 5.74) is 0.877. The number of hydrogen-bond donors (Lipinski definition) is 1. The lowest BCUT2D eigenvalue weighted by atomic mass is 9.93. The van der Waals surface area contributed by atoms with Crippen LogP contribution in [0.25, 0.3) is 0 Å². The van der Waals surface area contributed by atoms with Gasteiger partial charge < -0.3 is 10.2 Å². The van der Waals surface area contributed by atoms with Crippen LogP contribution in [-0.2, 0) is 4.79 Å². The number of amides is 1. The third kappa shape index (κ3) is 3.12. The van der Waals surface area contributed by atoms with Crippen LogP contribution in [0.4, 0.5) is 5.69 Å². The fraction of sp³-hybridized carbons (Fsp3) is 0.467. The first-order chi connectivity index (χ1) is 9.03. The average Bonchev–Trinajstić information content (AvgIpc) is 2.51. The van der Waals surface area contributed by atoms with Gasteiger partial charge in [0.1, 0.15) is 6.04 Å². The molecule has 0 aliphatic carbocycles. The van der Waals surface area contributed by atoms with Crippen LogP contribution in [0, 0.1) is 16.7 Å². The smallest absolute Gasteiger partial charge is 0.245 e. The number of nitrogens with zero attached hydrogens (tertiary/aromatic N) is 2. The minimum Gasteiger partial charge on any atom is -0.310 e. The Morgan fingerprint density at radius 3 is 2.74 bits per heavy atom. The molecule has 1 amide bonds. The third-order valence-corrected chi connectivity index (χ3v) is 3.34. The number of carbonyl (C=O) groups is 1. The number of anilines is 1. The largest absolute Gasteiger partial charge is 0.310 e. The summed E-state index contributed by atoms with van der Waals surface area (Å²) >= 11 is 0. The zero-order chi connectivity index (χ0) is 13.9. The molecule has 1 fully saturated rings. The summed E-state index contributed by atoms with van der Waals surface area (Å²) in [5.74, 6) is -0.0154. The molecule has 1 aliphatic rings. The number of para-hydroxylation sites is 1. The molecule has 0 aromatic heterocycles. The molecule has 100 valence electrons. The van der Waals surface area contributed by atoms with E-state index in [4.69, 9.17) is 5.26 Å². The maximum atomic E-state index is 12.5. The Balaban J connectivity index is 2.32. The first kappa shape index (κ1) is 13.6. The highest BCUT2D eigenvalue weighted by Gasteiger charge is 2.34. The Kier molecular flexibility index (Phi) is 3.87. The van der Waals surface area contributed by atoms with E-state index in [1.165, 1.54) is 0 Å². The highest BCUT2D eigenvalue weighted by atomic mass is 16.2. The molecule has 0 spiro atoms. The van der Waals surface area contributed by atoms with Crippen molar-refractivity contribution in [1.82, 2.24) is 5.32 Å². The van der Waals surface area contributed by atoms with Gasteiger partial charge in [0.25, 0.3) is 0 Å². The molecule has 0 radical (unpaired) electrons. The summed E-state index contributed by atoms with van der Waals surface area (Å²) in [5, 5.41) is 12.1. The Morgan fingerprint density at radius 1 is 1.42 bits per heavy atom. The maximum Gasteiger partial charge on any atom is 0.245 e. The summed E-state index contributed by atoms with van der Waals surface area (Å²) in [6, 6.07) is 11.3. The van der Waals surface area contributed by atoms with Crippen LogP contribution < -0.4 is 10.2 Å². The summed E-state index contributed by atoms with van der Waals surface area (Å²) in [7, 11) is 0. The quantitative estimate of drug-likeness (QED) is 0.880. The average molecular weight is 257 g/mol. The molecular formula is C15H19N3O. The zero-order valence-electron chi connectivity index (χ0n) is 11.4. The Morgan fingerprint density at radius 2 is 2.11 bits per heavy atom. The van der Waals surface area contributed by atoms with Crippen molar-refractivity contribution in [3.05, 3.63) is 30.3 Å². The second-order valence-corrected chi connectivity index (χ2v) is 5.72. The predicted molar refractivity (Wildman–Crippen MR) is 74.6 cm³/mol. The van der Waals surface area contributed by atoms with Gasteiger partial charge in [-0.3, -0.25) is 4.79 Å². The van der Waals surface area contributed by atoms with Crippen molar-refractivity contribution in [2.24, 2.45) is 5.41 Å². The number of benzene rings is 1. The molecule has 0 saturated carbocycles. The van der Waals surface area contributed by atoms with Gasteiger partial charge in [0.2, 0.25) is 5.91 Å². The van der Waals surface area contributed by atoms with Crippen molar-refractivity contribution in [2.45, 2.75) is 26.3 Å². The SMILES string of the molecule is CC1(C)CNC(CC#N)C(=O)N(c2ccccc2)C1. The minimum atomic E-state index is -0.410. The number of carbonyl (C=O) groups excluding carboxylic acids is 1. The number of hydrogen-bond acceptors (Lipinski definition) is 3. The summed E-state index contributed by atoms with van der Waals surface area (Å²) in [4.78, 5) is 14.3. The molecule has 1 aromatic rings. The molecule has 1 unspecified atom stereocenters. The molecule has 1 aliphatic heterocycles. The van der Waals surface area contributed by atoms with E-state index in [1.807, 2.05) is 30.3 Å². The van der Waals surface area contributed by atoms with Crippen LogP contribution >= 0.6 is 0 Å². The van der Waals surface area contributed by atoms with Gasteiger partial charge in [-0.15, -0.1) is 0 Å². The van der Waals surface area contributed by atoms with Crippen molar-refractivity contribution in [3.63, 3.8) is 0 Å². The van der Waals surface area contributed by atoms with Gasteiger partial charge in [0, 0.05) is 18.8 Å². The van der Waals surface area contributed by atoms with E-state index >= 15 is 0 Å². The lowest BCUT2D eigenvalue weighted by molar-refractivity contribution is -0.120. The van der Waals surface area contributed by atoms with E-state index < -0.39 is 6.04 Å². The first-order valence-electron chi connectivity index (χ1n) is 6.50. The molecule has 1 saturated heterocycles. The lowest BCUT2D eigenvalue weighted by Crippen LogP contribution is -2.43. The number of rotatable bonds is 2. The zero-order valence-corrected chi connectivity index (χ0v) is 11.4. The van der Waals surface area contributed by atoms with Crippen LogP contribution in [0.5, 0.6) is 0 Å². The third-order valence-electron chi connectivity index (χ3n) is 3.34. The molecule has 19 heavy (non-hydrogen) atoms. The molecular weight excluding hydrogens is 238 g/mol. The van der Waals surface area contributed by atoms with E-state index in [0.29, 0.717) is 6.54 Å². The van der Waals surface area contributed by atoms with Gasteiger partial charge >= 0.3 is 0 Å². The van der Waals surface area contributed by atoms with Gasteiger partial charge in [0.05, 0.1) is 12.5 Å². The number of nitrogens with one attached hydrogen (secondary N) is 1. The molecule has 4 nitrogen and oxygen atoms in total. The second kappa shape index (κ2) is 5.41. The molecule has 2 rings (SSSR count). The topological polar surface area (TPSA) is 56.1 Å². The van der Waals surface area contributed by atoms with Crippen molar-refractivity contribution in [3.8, 4) is 6.07 Å². The standard InChI is InChI=1S/C15H19N3O/c1-15(2)10-17-13(8-9-16)14(19)18(11-15)12-6-4-3-5-7-12/h3-7,13,17H,8,10-11H2,1-2H3. The van der Waals surface area contributed by atoms with E-state index in [-0.39, 0.29) is 17.7 Å². The Bertz CT molecular complexity index is 490. The molecule has 1 aromatic carbocycles. The van der Waals surface area contributed by atoms with E-state index in [1.54, 1.807) is 4.90 Å². The normalized spacial score (nSPS) is 22.7. The van der Waals surface area contributed by atoms with Crippen LogP contribution in [0.1, 0.15) is 20.3 Å². The van der Waals surface area contributed by atoms with Crippen LogP contribution in [-0.4, -0.2) is 25.0 Å². The highest BCUT2D eigenvalue weighted by Crippen LogP contribution is 2.25. The Labute approximate surface area is 114 Å². The van der Waals surface area contributed by atoms with Gasteiger partial charge in [-0.25, -0.2) is 0 Å². The van der Waals surface area contributed by atoms with Gasteiger partial charge in [0.15, 0.2) is 0 Å². The molecule has 1 heterocycles. The molecule has 0 bridgehead atoms. The van der Waals surface area contributed by atoms with E-state index in [0.717, 1.165) is 12.2 Å². The van der Waals surface area contributed by atoms with E-state index in [2.05, 4.69) is 25.2 Å². The molecule has 1 N–H and O–H groups in total. The first-order valence-corrected chi connectivity index (χ1v) is 6.50. The van der Waals surface area contributed by atoms with Crippen molar-refractivity contribution in [1.29, 1.82) is 5.26 Å². The fourth-order valence-corrected chi connectivity index (χ4v) is 2.31. The Hall–Kier alpha value is -1.86. The molecule has 1 atom stereocenters. The van der Waals surface area contributed by atoms with Crippen LogP contribution in [0.15, 0.2) is 30.3 Å². The highest BCUT2D eigenvalue weighted by molar-refractivity contribution is 5.97. The minimum absolute atomic E-state index is 0.0154. The summed E-state index contributed by atoms with van der Waals surface area (Å²) in [6.07, 6.45) is 0.207. The van der Waals surface area contributed by atoms with Crippen molar-refractivity contribution in [2.75, 3.05) is 18.0 Å². The monoisotopic (exact) mass is 257 g/mol. The van der Waals surface area contributed by atoms with Crippen LogP contribution in [0.2, 0.25) is 0 Å². The lowest BCUT2D eigenvalue weighted by Gasteiger charge is -2.29. The molecule has 4 heteroatoms. The van der Waals surface area contributed by atoms with Crippen molar-refractivity contribution >= 4 is 11.6 Å². The maximum absolute atomic E-state index is 12.5. The van der Waals surface area contributed by atoms with Crippen molar-refractivity contribution < 1.29 is 4.79 Å².